The van der Waals surface area contributed by atoms with Crippen LogP contribution in [0.5, 0.6) is 0 Å². The largest absolute Gasteiger partial charge is 0.319 e. The second-order valence-electron chi connectivity index (χ2n) is 26.8. The zero-order valence-corrected chi connectivity index (χ0v) is 47.0. The van der Waals surface area contributed by atoms with Crippen LogP contribution in [-0.2, 0) is 27.1 Å². The number of hydrogen-bond donors (Lipinski definition) is 0. The van der Waals surface area contributed by atoms with Crippen molar-refractivity contribution in [3.63, 3.8) is 0 Å². The fourth-order valence-electron chi connectivity index (χ4n) is 12.2. The van der Waals surface area contributed by atoms with Crippen molar-refractivity contribution in [1.29, 1.82) is 0 Å². The molecule has 75 heavy (non-hydrogen) atoms. The minimum atomic E-state index is -0.114. The Morgan fingerprint density at radius 3 is 1.23 bits per heavy atom. The summed E-state index contributed by atoms with van der Waals surface area (Å²) in [5.74, 6) is 0. The van der Waals surface area contributed by atoms with Crippen LogP contribution in [0.25, 0.3) is 44.1 Å². The average molecular weight is 981 g/mol. The summed E-state index contributed by atoms with van der Waals surface area (Å²) in [6.45, 7) is 34.6. The maximum Gasteiger partial charge on any atom is 0.273 e. The lowest BCUT2D eigenvalue weighted by molar-refractivity contribution is 0.590. The highest BCUT2D eigenvalue weighted by molar-refractivity contribution is 7.00. The third kappa shape index (κ3) is 7.86. The summed E-state index contributed by atoms with van der Waals surface area (Å²) in [6, 6.07) is 66.0. The van der Waals surface area contributed by atoms with Crippen LogP contribution in [0.2, 0.25) is 0 Å². The van der Waals surface area contributed by atoms with Crippen LogP contribution in [0.15, 0.2) is 170 Å². The summed E-state index contributed by atoms with van der Waals surface area (Å²) in [5.41, 5.74) is 23.6. The molecule has 0 saturated heterocycles. The Bertz CT molecular complexity index is 3870. The third-order valence-corrected chi connectivity index (χ3v) is 16.5. The van der Waals surface area contributed by atoms with Crippen molar-refractivity contribution >= 4 is 90.1 Å². The Morgan fingerprint density at radius 2 is 0.720 bits per heavy atom. The Labute approximate surface area is 446 Å². The molecule has 8 aromatic carbocycles. The van der Waals surface area contributed by atoms with E-state index in [2.05, 4.69) is 293 Å². The Hall–Kier alpha value is -7.24. The van der Waals surface area contributed by atoms with Crippen molar-refractivity contribution in [3.8, 4) is 11.4 Å². The molecule has 0 fully saturated rings. The van der Waals surface area contributed by atoms with Crippen molar-refractivity contribution in [2.24, 2.45) is 0 Å². The lowest BCUT2D eigenvalue weighted by Crippen LogP contribution is -2.63. The summed E-state index contributed by atoms with van der Waals surface area (Å²) in [4.78, 5) is 5.17. The second-order valence-corrected chi connectivity index (χ2v) is 26.8. The summed E-state index contributed by atoms with van der Waals surface area (Å²) in [5, 5.41) is 3.70. The van der Waals surface area contributed by atoms with E-state index in [1.165, 1.54) is 99.8 Å². The summed E-state index contributed by atoms with van der Waals surface area (Å²) >= 11 is 0. The van der Waals surface area contributed by atoms with Gasteiger partial charge in [0.2, 0.25) is 0 Å². The van der Waals surface area contributed by atoms with E-state index < -0.39 is 0 Å². The minimum absolute atomic E-state index is 0.000142. The molecule has 0 N–H and O–H groups in total. The molecule has 2 aromatic heterocycles. The van der Waals surface area contributed by atoms with Crippen LogP contribution in [0.3, 0.4) is 0 Å². The third-order valence-electron chi connectivity index (χ3n) is 16.5. The van der Waals surface area contributed by atoms with Gasteiger partial charge >= 0.3 is 0 Å². The van der Waals surface area contributed by atoms with Gasteiger partial charge in [-0.05, 0) is 151 Å². The van der Waals surface area contributed by atoms with Crippen LogP contribution >= 0.6 is 0 Å². The molecular weight excluding hydrogens is 908 g/mol. The molecule has 12 rings (SSSR count). The van der Waals surface area contributed by atoms with Gasteiger partial charge in [-0.15, -0.1) is 0 Å². The zero-order valence-electron chi connectivity index (χ0n) is 47.0. The van der Waals surface area contributed by atoms with Crippen molar-refractivity contribution in [1.82, 2.24) is 9.13 Å². The molecule has 0 unspecified atom stereocenters. The van der Waals surface area contributed by atoms with Gasteiger partial charge in [-0.2, -0.15) is 0 Å². The number of nitrogens with zero attached hydrogens (tertiary/aromatic N) is 4. The maximum atomic E-state index is 2.66. The number of fused-ring (bicyclic) bond motifs is 9. The fraction of sp³-hybridized carbons (Fsp3) is 0.286. The smallest absolute Gasteiger partial charge is 0.273 e. The van der Waals surface area contributed by atoms with E-state index in [0.29, 0.717) is 0 Å². The van der Waals surface area contributed by atoms with Gasteiger partial charge in [-0.25, -0.2) is 0 Å². The Balaban J connectivity index is 1.25. The SMILES string of the molecule is CC(C)(C)c1ccc(N2c3ccc(C(C)(C)C)cc3B3c4c2cccc4N(c2ccc(C(C)(C)C)cc2)c2c3n(-c3ccc(C(C)(C)C)cc3)c3cc4c5ccccc5n(-c5ccc(C(C)(C)C)cc5)c4cc23)cc1. The number of rotatable bonds is 4. The molecule has 2 aliphatic heterocycles. The van der Waals surface area contributed by atoms with Crippen LogP contribution < -0.4 is 26.3 Å². The molecule has 10 aromatic rings. The minimum Gasteiger partial charge on any atom is -0.319 e. The molecule has 5 heteroatoms. The van der Waals surface area contributed by atoms with Gasteiger partial charge in [0.25, 0.3) is 6.71 Å². The molecule has 376 valence electrons. The number of para-hydroxylation sites is 1. The van der Waals surface area contributed by atoms with Crippen LogP contribution in [0.4, 0.5) is 34.1 Å². The van der Waals surface area contributed by atoms with Gasteiger partial charge in [0.1, 0.15) is 0 Å². The van der Waals surface area contributed by atoms with Crippen molar-refractivity contribution in [3.05, 3.63) is 198 Å². The normalized spacial score (nSPS) is 14.0. The number of aromatic nitrogens is 2. The van der Waals surface area contributed by atoms with Crippen LogP contribution in [-0.4, -0.2) is 15.8 Å². The van der Waals surface area contributed by atoms with E-state index in [1.54, 1.807) is 0 Å². The Morgan fingerprint density at radius 1 is 0.307 bits per heavy atom. The molecular formula is C70H73BN4. The summed E-state index contributed by atoms with van der Waals surface area (Å²) < 4.78 is 5.16. The first-order valence-corrected chi connectivity index (χ1v) is 27.3. The molecule has 0 saturated carbocycles. The average Bonchev–Trinajstić information content (AvgIpc) is 3.95. The maximum absolute atomic E-state index is 2.66. The second kappa shape index (κ2) is 16.6. The predicted octanol–water partition coefficient (Wildman–Crippen LogP) is 17.3. The summed E-state index contributed by atoms with van der Waals surface area (Å²) in [6.07, 6.45) is 0. The fourth-order valence-corrected chi connectivity index (χ4v) is 12.2. The van der Waals surface area contributed by atoms with E-state index in [4.69, 9.17) is 0 Å². The van der Waals surface area contributed by atoms with E-state index in [9.17, 15) is 0 Å². The highest BCUT2D eigenvalue weighted by Crippen LogP contribution is 2.49. The number of anilines is 6. The molecule has 0 aliphatic carbocycles. The lowest BCUT2D eigenvalue weighted by Gasteiger charge is -2.44. The van der Waals surface area contributed by atoms with Crippen LogP contribution in [0, 0.1) is 0 Å². The van der Waals surface area contributed by atoms with Gasteiger partial charge in [-0.1, -0.05) is 189 Å². The van der Waals surface area contributed by atoms with Gasteiger partial charge < -0.3 is 18.9 Å². The topological polar surface area (TPSA) is 16.3 Å². The first-order valence-electron chi connectivity index (χ1n) is 27.3. The Kier molecular flexibility index (Phi) is 10.8. The molecule has 0 atom stereocenters. The predicted molar refractivity (Wildman–Crippen MR) is 325 cm³/mol. The van der Waals surface area contributed by atoms with E-state index >= 15 is 0 Å². The lowest BCUT2D eigenvalue weighted by atomic mass is 9.34. The van der Waals surface area contributed by atoms with Crippen molar-refractivity contribution in [2.45, 2.75) is 131 Å². The van der Waals surface area contributed by atoms with Crippen LogP contribution in [0.1, 0.15) is 132 Å². The van der Waals surface area contributed by atoms with Gasteiger partial charge in [0, 0.05) is 61.6 Å². The molecule has 4 heterocycles. The van der Waals surface area contributed by atoms with Gasteiger partial charge in [0.15, 0.2) is 0 Å². The molecule has 2 aliphatic rings. The number of benzene rings is 8. The first-order chi connectivity index (χ1) is 35.4. The van der Waals surface area contributed by atoms with E-state index in [-0.39, 0.29) is 33.8 Å². The van der Waals surface area contributed by atoms with Gasteiger partial charge in [-0.3, -0.25) is 0 Å². The monoisotopic (exact) mass is 981 g/mol. The highest BCUT2D eigenvalue weighted by Gasteiger charge is 2.47. The van der Waals surface area contributed by atoms with Crippen molar-refractivity contribution in [2.75, 3.05) is 9.80 Å². The first kappa shape index (κ1) is 48.7. The molecule has 0 radical (unpaired) electrons. The molecule has 4 nitrogen and oxygen atoms in total. The van der Waals surface area contributed by atoms with E-state index in [1.807, 2.05) is 0 Å². The molecule has 0 bridgehead atoms. The standard InChI is InChI=1S/C70H73BN4/c1-66(2,3)44-23-32-49(33-24-44)72-57-20-17-16-19-53(57)54-42-62-55(43-61(54)72)64-65(75(62)52-38-29-47(30-39-52)69(10,11)12)71-56-41-48(70(13,14)15)31-40-58(56)73(50-34-25-45(26-35-50)67(4,5)6)59-21-18-22-60(63(59)71)74(64)51-36-27-46(28-37-51)68(7,8)9/h16-43H,1-15H3. The molecule has 0 spiro atoms. The summed E-state index contributed by atoms with van der Waals surface area (Å²) in [7, 11) is 0. The number of hydrogen-bond acceptors (Lipinski definition) is 2. The van der Waals surface area contributed by atoms with Gasteiger partial charge in [0.05, 0.1) is 22.2 Å². The highest BCUT2D eigenvalue weighted by atomic mass is 15.2. The van der Waals surface area contributed by atoms with Crippen molar-refractivity contribution < 1.29 is 0 Å². The molecule has 0 amide bonds. The van der Waals surface area contributed by atoms with E-state index in [0.717, 1.165) is 22.7 Å². The zero-order chi connectivity index (χ0) is 52.9. The quantitative estimate of drug-likeness (QED) is 0.163.